The number of ether oxygens (including phenoxy) is 1. The molecule has 0 spiro atoms. The molecule has 0 bridgehead atoms. The SMILES string of the molecule is Cc1ccc(OCC(N)c2ccccc2)c(C)c1.Cl. The molecular formula is C16H20ClNO. The molecule has 0 aromatic heterocycles. The second-order valence-corrected chi connectivity index (χ2v) is 4.60. The summed E-state index contributed by atoms with van der Waals surface area (Å²) < 4.78 is 5.78. The summed E-state index contributed by atoms with van der Waals surface area (Å²) in [5.74, 6) is 0.909. The first-order valence-corrected chi connectivity index (χ1v) is 6.17. The second kappa shape index (κ2) is 7.17. The molecule has 102 valence electrons. The lowest BCUT2D eigenvalue weighted by atomic mass is 10.1. The molecule has 2 aromatic rings. The smallest absolute Gasteiger partial charge is 0.122 e. The Hall–Kier alpha value is -1.51. The van der Waals surface area contributed by atoms with Crippen LogP contribution in [0.4, 0.5) is 0 Å². The zero-order chi connectivity index (χ0) is 13.0. The van der Waals surface area contributed by atoms with E-state index in [1.165, 1.54) is 5.56 Å². The van der Waals surface area contributed by atoms with Gasteiger partial charge in [0.05, 0.1) is 6.04 Å². The molecule has 1 unspecified atom stereocenters. The Bertz CT molecular complexity index is 513. The van der Waals surface area contributed by atoms with Crippen molar-refractivity contribution in [1.29, 1.82) is 0 Å². The Kier molecular flexibility index (Phi) is 5.87. The van der Waals surface area contributed by atoms with Crippen molar-refractivity contribution in [3.05, 3.63) is 65.2 Å². The van der Waals surface area contributed by atoms with Gasteiger partial charge in [-0.3, -0.25) is 0 Å². The van der Waals surface area contributed by atoms with Crippen LogP contribution in [0.2, 0.25) is 0 Å². The molecular weight excluding hydrogens is 258 g/mol. The van der Waals surface area contributed by atoms with E-state index >= 15 is 0 Å². The van der Waals surface area contributed by atoms with Gasteiger partial charge in [-0.05, 0) is 31.0 Å². The zero-order valence-corrected chi connectivity index (χ0v) is 12.1. The van der Waals surface area contributed by atoms with Crippen LogP contribution in [0.1, 0.15) is 22.7 Å². The summed E-state index contributed by atoms with van der Waals surface area (Å²) in [6.45, 7) is 4.62. The molecule has 3 heteroatoms. The minimum absolute atomic E-state index is 0. The monoisotopic (exact) mass is 277 g/mol. The maximum absolute atomic E-state index is 6.10. The van der Waals surface area contributed by atoms with E-state index in [4.69, 9.17) is 10.5 Å². The number of halogens is 1. The topological polar surface area (TPSA) is 35.2 Å². The van der Waals surface area contributed by atoms with Gasteiger partial charge < -0.3 is 10.5 Å². The number of aryl methyl sites for hydroxylation is 2. The van der Waals surface area contributed by atoms with Gasteiger partial charge in [0.15, 0.2) is 0 Å². The van der Waals surface area contributed by atoms with Gasteiger partial charge in [0.2, 0.25) is 0 Å². The van der Waals surface area contributed by atoms with E-state index in [1.54, 1.807) is 0 Å². The number of hydrogen-bond donors (Lipinski definition) is 1. The largest absolute Gasteiger partial charge is 0.491 e. The quantitative estimate of drug-likeness (QED) is 0.922. The van der Waals surface area contributed by atoms with E-state index in [9.17, 15) is 0 Å². The van der Waals surface area contributed by atoms with Crippen molar-refractivity contribution >= 4 is 12.4 Å². The van der Waals surface area contributed by atoms with Crippen molar-refractivity contribution < 1.29 is 4.74 Å². The van der Waals surface area contributed by atoms with E-state index in [1.807, 2.05) is 36.4 Å². The van der Waals surface area contributed by atoms with Crippen LogP contribution in [0.15, 0.2) is 48.5 Å². The van der Waals surface area contributed by atoms with E-state index in [-0.39, 0.29) is 18.4 Å². The predicted octanol–water partition coefficient (Wildman–Crippen LogP) is 3.80. The molecule has 0 radical (unpaired) electrons. The van der Waals surface area contributed by atoms with Crippen LogP contribution in [0.25, 0.3) is 0 Å². The summed E-state index contributed by atoms with van der Waals surface area (Å²) >= 11 is 0. The fraction of sp³-hybridized carbons (Fsp3) is 0.250. The molecule has 2 nitrogen and oxygen atoms in total. The Morgan fingerprint density at radius 2 is 1.74 bits per heavy atom. The molecule has 0 saturated carbocycles. The van der Waals surface area contributed by atoms with E-state index in [2.05, 4.69) is 26.0 Å². The van der Waals surface area contributed by atoms with Crippen LogP contribution >= 0.6 is 12.4 Å². The number of hydrogen-bond acceptors (Lipinski definition) is 2. The average molecular weight is 278 g/mol. The van der Waals surface area contributed by atoms with Crippen molar-refractivity contribution in [2.24, 2.45) is 5.73 Å². The molecule has 0 heterocycles. The summed E-state index contributed by atoms with van der Waals surface area (Å²) in [6.07, 6.45) is 0. The zero-order valence-electron chi connectivity index (χ0n) is 11.3. The van der Waals surface area contributed by atoms with Crippen molar-refractivity contribution in [1.82, 2.24) is 0 Å². The normalized spacial score (nSPS) is 11.5. The van der Waals surface area contributed by atoms with Gasteiger partial charge in [-0.15, -0.1) is 12.4 Å². The average Bonchev–Trinajstić information content (AvgIpc) is 2.38. The fourth-order valence-corrected chi connectivity index (χ4v) is 1.94. The Morgan fingerprint density at radius 3 is 2.37 bits per heavy atom. The van der Waals surface area contributed by atoms with Crippen molar-refractivity contribution in [2.75, 3.05) is 6.61 Å². The molecule has 1 atom stereocenters. The minimum atomic E-state index is -0.0908. The summed E-state index contributed by atoms with van der Waals surface area (Å²) in [5.41, 5.74) is 9.59. The van der Waals surface area contributed by atoms with Crippen LogP contribution in [0, 0.1) is 13.8 Å². The first kappa shape index (κ1) is 15.5. The number of benzene rings is 2. The fourth-order valence-electron chi connectivity index (χ4n) is 1.94. The van der Waals surface area contributed by atoms with Gasteiger partial charge >= 0.3 is 0 Å². The van der Waals surface area contributed by atoms with E-state index < -0.39 is 0 Å². The molecule has 0 amide bonds. The summed E-state index contributed by atoms with van der Waals surface area (Å²) in [4.78, 5) is 0. The maximum atomic E-state index is 6.10. The van der Waals surface area contributed by atoms with Crippen LogP contribution in [-0.2, 0) is 0 Å². The van der Waals surface area contributed by atoms with Crippen molar-refractivity contribution in [3.63, 3.8) is 0 Å². The highest BCUT2D eigenvalue weighted by atomic mass is 35.5. The van der Waals surface area contributed by atoms with E-state index in [0.29, 0.717) is 6.61 Å². The maximum Gasteiger partial charge on any atom is 0.122 e. The third-order valence-electron chi connectivity index (χ3n) is 2.98. The molecule has 2 N–H and O–H groups in total. The molecule has 0 fully saturated rings. The summed E-state index contributed by atoms with van der Waals surface area (Å²) in [5, 5.41) is 0. The van der Waals surface area contributed by atoms with Crippen LogP contribution in [0.3, 0.4) is 0 Å². The highest BCUT2D eigenvalue weighted by Gasteiger charge is 2.07. The Labute approximate surface area is 121 Å². The molecule has 0 aliphatic carbocycles. The highest BCUT2D eigenvalue weighted by Crippen LogP contribution is 2.20. The minimum Gasteiger partial charge on any atom is -0.491 e. The van der Waals surface area contributed by atoms with Gasteiger partial charge in [-0.25, -0.2) is 0 Å². The lowest BCUT2D eigenvalue weighted by molar-refractivity contribution is 0.289. The van der Waals surface area contributed by atoms with Gasteiger partial charge in [-0.1, -0.05) is 48.0 Å². The first-order chi connectivity index (χ1) is 8.66. The summed E-state index contributed by atoms with van der Waals surface area (Å²) in [7, 11) is 0. The molecule has 2 rings (SSSR count). The van der Waals surface area contributed by atoms with Crippen LogP contribution < -0.4 is 10.5 Å². The third kappa shape index (κ3) is 4.27. The highest BCUT2D eigenvalue weighted by molar-refractivity contribution is 5.85. The number of nitrogens with two attached hydrogens (primary N) is 1. The Morgan fingerprint density at radius 1 is 1.05 bits per heavy atom. The lowest BCUT2D eigenvalue weighted by Gasteiger charge is -2.15. The first-order valence-electron chi connectivity index (χ1n) is 6.17. The van der Waals surface area contributed by atoms with Crippen LogP contribution in [0.5, 0.6) is 5.75 Å². The van der Waals surface area contributed by atoms with Gasteiger partial charge in [0, 0.05) is 0 Å². The third-order valence-corrected chi connectivity index (χ3v) is 2.98. The predicted molar refractivity (Wildman–Crippen MR) is 82.0 cm³/mol. The van der Waals surface area contributed by atoms with Crippen molar-refractivity contribution in [2.45, 2.75) is 19.9 Å². The second-order valence-electron chi connectivity index (χ2n) is 4.60. The standard InChI is InChI=1S/C16H19NO.ClH/c1-12-8-9-16(13(2)10-12)18-11-15(17)14-6-4-3-5-7-14;/h3-10,15H,11,17H2,1-2H3;1H. The molecule has 0 saturated heterocycles. The van der Waals surface area contributed by atoms with E-state index in [0.717, 1.165) is 16.9 Å². The van der Waals surface area contributed by atoms with Crippen LogP contribution in [-0.4, -0.2) is 6.61 Å². The molecule has 19 heavy (non-hydrogen) atoms. The molecule has 0 aliphatic heterocycles. The molecule has 0 aliphatic rings. The number of rotatable bonds is 4. The lowest BCUT2D eigenvalue weighted by Crippen LogP contribution is -2.19. The van der Waals surface area contributed by atoms with Gasteiger partial charge in [0.25, 0.3) is 0 Å². The van der Waals surface area contributed by atoms with Crippen molar-refractivity contribution in [3.8, 4) is 5.75 Å². The van der Waals surface area contributed by atoms with Gasteiger partial charge in [-0.2, -0.15) is 0 Å². The summed E-state index contributed by atoms with van der Waals surface area (Å²) in [6, 6.07) is 16.1. The Balaban J connectivity index is 0.00000180. The van der Waals surface area contributed by atoms with Gasteiger partial charge in [0.1, 0.15) is 12.4 Å². The molecule has 2 aromatic carbocycles.